The van der Waals surface area contributed by atoms with E-state index >= 15 is 0 Å². The van der Waals surface area contributed by atoms with Crippen molar-refractivity contribution in [3.63, 3.8) is 0 Å². The number of hydrogen-bond acceptors (Lipinski definition) is 1. The van der Waals surface area contributed by atoms with Crippen LogP contribution in [0.25, 0.3) is 0 Å². The van der Waals surface area contributed by atoms with Gasteiger partial charge in [0.05, 0.1) is 0 Å². The molecule has 1 aromatic carbocycles. The summed E-state index contributed by atoms with van der Waals surface area (Å²) in [6.07, 6.45) is 5.89. The van der Waals surface area contributed by atoms with Crippen molar-refractivity contribution >= 4 is 21.7 Å². The molecule has 0 N–H and O–H groups in total. The summed E-state index contributed by atoms with van der Waals surface area (Å²) < 4.78 is 0.956. The number of carbonyl (C=O) groups is 1. The fraction of sp³-hybridized carbons (Fsp3) is 0.267. The molecule has 0 aliphatic heterocycles. The molecule has 0 amide bonds. The first-order valence-electron chi connectivity index (χ1n) is 5.68. The average Bonchev–Trinajstić information content (AvgIpc) is 2.55. The van der Waals surface area contributed by atoms with Gasteiger partial charge in [-0.3, -0.25) is 4.79 Å². The van der Waals surface area contributed by atoms with Gasteiger partial charge < -0.3 is 0 Å². The van der Waals surface area contributed by atoms with Crippen LogP contribution in [0.15, 0.2) is 48.0 Å². The molecule has 1 aliphatic rings. The number of allylic oxidation sites excluding steroid dienone is 2. The number of rotatable bonds is 4. The maximum absolute atomic E-state index is 12.5. The Morgan fingerprint density at radius 2 is 1.94 bits per heavy atom. The summed E-state index contributed by atoms with van der Waals surface area (Å²) in [5.41, 5.74) is 1.65. The Kier molecular flexibility index (Phi) is 3.34. The third kappa shape index (κ3) is 2.02. The van der Waals surface area contributed by atoms with Gasteiger partial charge in [-0.1, -0.05) is 34.1 Å². The summed E-state index contributed by atoms with van der Waals surface area (Å²) in [4.78, 5) is 12.5. The van der Waals surface area contributed by atoms with Crippen molar-refractivity contribution in [1.82, 2.24) is 0 Å². The number of ketones is 1. The number of Topliss-reactive ketones (excluding diaryl/α,β-unsaturated/α-hetero) is 1. The highest BCUT2D eigenvalue weighted by Gasteiger charge is 2.43. The molecule has 0 heterocycles. The van der Waals surface area contributed by atoms with Crippen LogP contribution >= 0.6 is 15.9 Å². The van der Waals surface area contributed by atoms with Gasteiger partial charge in [0.15, 0.2) is 5.78 Å². The lowest BCUT2D eigenvalue weighted by Gasteiger charge is -2.24. The largest absolute Gasteiger partial charge is 0.294 e. The van der Waals surface area contributed by atoms with Crippen LogP contribution in [0.1, 0.15) is 28.8 Å². The van der Waals surface area contributed by atoms with E-state index in [1.165, 1.54) is 0 Å². The first-order chi connectivity index (χ1) is 8.13. The molecule has 1 nitrogen and oxygen atoms in total. The molecule has 0 atom stereocenters. The van der Waals surface area contributed by atoms with Gasteiger partial charge in [0.25, 0.3) is 0 Å². The molecule has 17 heavy (non-hydrogen) atoms. The van der Waals surface area contributed by atoms with Crippen molar-refractivity contribution in [3.05, 3.63) is 59.1 Å². The van der Waals surface area contributed by atoms with Crippen molar-refractivity contribution in [2.75, 3.05) is 0 Å². The summed E-state index contributed by atoms with van der Waals surface area (Å²) in [7, 11) is 0. The van der Waals surface area contributed by atoms with Crippen LogP contribution < -0.4 is 0 Å². The second-order valence-electron chi connectivity index (χ2n) is 4.57. The monoisotopic (exact) mass is 290 g/mol. The van der Waals surface area contributed by atoms with E-state index in [0.717, 1.165) is 22.0 Å². The molecule has 0 aromatic heterocycles. The van der Waals surface area contributed by atoms with E-state index in [4.69, 9.17) is 0 Å². The van der Waals surface area contributed by atoms with Gasteiger partial charge in [-0.2, -0.15) is 0 Å². The van der Waals surface area contributed by atoms with Crippen LogP contribution in [-0.4, -0.2) is 5.78 Å². The third-order valence-electron chi connectivity index (χ3n) is 3.40. The molecular formula is C15H15BrO. The maximum Gasteiger partial charge on any atom is 0.170 e. The summed E-state index contributed by atoms with van der Waals surface area (Å²) in [6.45, 7) is 7.54. The number of hydrogen-bond donors (Lipinski definition) is 0. The van der Waals surface area contributed by atoms with E-state index < -0.39 is 0 Å². The lowest BCUT2D eigenvalue weighted by atomic mass is 9.77. The van der Waals surface area contributed by atoms with E-state index in [9.17, 15) is 4.79 Å². The van der Waals surface area contributed by atoms with E-state index in [1.807, 2.05) is 30.4 Å². The van der Waals surface area contributed by atoms with Crippen LogP contribution in [0.4, 0.5) is 0 Å². The molecule has 0 fully saturated rings. The first kappa shape index (κ1) is 12.3. The molecule has 88 valence electrons. The zero-order valence-electron chi connectivity index (χ0n) is 9.71. The topological polar surface area (TPSA) is 17.1 Å². The molecule has 0 unspecified atom stereocenters. The Hall–Kier alpha value is -1.15. The van der Waals surface area contributed by atoms with Gasteiger partial charge in [0, 0.05) is 15.5 Å². The second-order valence-corrected chi connectivity index (χ2v) is 5.49. The highest BCUT2D eigenvalue weighted by Crippen LogP contribution is 2.43. The normalized spacial score (nSPS) is 16.6. The van der Waals surface area contributed by atoms with Crippen molar-refractivity contribution in [2.45, 2.75) is 19.3 Å². The van der Waals surface area contributed by atoms with E-state index in [-0.39, 0.29) is 11.2 Å². The van der Waals surface area contributed by atoms with Gasteiger partial charge in [-0.05, 0) is 37.0 Å². The molecule has 0 spiro atoms. The Balaban J connectivity index is 2.46. The lowest BCUT2D eigenvalue weighted by Crippen LogP contribution is -2.26. The van der Waals surface area contributed by atoms with Crippen molar-refractivity contribution in [2.24, 2.45) is 5.41 Å². The first-order valence-corrected chi connectivity index (χ1v) is 6.47. The molecule has 0 bridgehead atoms. The second kappa shape index (κ2) is 4.61. The summed E-state index contributed by atoms with van der Waals surface area (Å²) in [5.74, 6) is 0.230. The number of benzene rings is 1. The van der Waals surface area contributed by atoms with Crippen LogP contribution in [0.3, 0.4) is 0 Å². The van der Waals surface area contributed by atoms with Crippen LogP contribution in [0.5, 0.6) is 0 Å². The van der Waals surface area contributed by atoms with E-state index in [0.29, 0.717) is 12.8 Å². The predicted octanol–water partition coefficient (Wildman–Crippen LogP) is 4.33. The van der Waals surface area contributed by atoms with Gasteiger partial charge in [-0.25, -0.2) is 0 Å². The van der Waals surface area contributed by atoms with Crippen LogP contribution in [0, 0.1) is 5.41 Å². The third-order valence-corrected chi connectivity index (χ3v) is 3.89. The Bertz CT molecular complexity index is 478. The highest BCUT2D eigenvalue weighted by molar-refractivity contribution is 9.10. The molecule has 1 aliphatic carbocycles. The van der Waals surface area contributed by atoms with Gasteiger partial charge >= 0.3 is 0 Å². The Morgan fingerprint density at radius 3 is 2.53 bits per heavy atom. The fourth-order valence-corrected chi connectivity index (χ4v) is 2.97. The maximum atomic E-state index is 12.5. The molecule has 0 saturated heterocycles. The summed E-state index contributed by atoms with van der Waals surface area (Å²) >= 11 is 3.42. The Morgan fingerprint density at radius 1 is 1.29 bits per heavy atom. The van der Waals surface area contributed by atoms with Gasteiger partial charge in [0.2, 0.25) is 0 Å². The van der Waals surface area contributed by atoms with Crippen LogP contribution in [-0.2, 0) is 6.42 Å². The standard InChI is InChI=1S/C15H15BrO/c1-3-7-15(8-4-2)10-11-5-6-12(16)9-13(11)14(15)17/h3-6,9H,1-2,7-8,10H2. The van der Waals surface area contributed by atoms with Gasteiger partial charge in [-0.15, -0.1) is 13.2 Å². The summed E-state index contributed by atoms with van der Waals surface area (Å²) in [6, 6.07) is 5.95. The lowest BCUT2D eigenvalue weighted by molar-refractivity contribution is 0.0825. The molecular weight excluding hydrogens is 276 g/mol. The van der Waals surface area contributed by atoms with E-state index in [2.05, 4.69) is 29.1 Å². The fourth-order valence-electron chi connectivity index (χ4n) is 2.61. The molecule has 0 radical (unpaired) electrons. The van der Waals surface area contributed by atoms with Crippen molar-refractivity contribution in [1.29, 1.82) is 0 Å². The predicted molar refractivity (Wildman–Crippen MR) is 74.2 cm³/mol. The highest BCUT2D eigenvalue weighted by atomic mass is 79.9. The number of fused-ring (bicyclic) bond motifs is 1. The molecule has 1 aromatic rings. The minimum Gasteiger partial charge on any atom is -0.294 e. The number of carbonyl (C=O) groups excluding carboxylic acids is 1. The SMILES string of the molecule is C=CCC1(CC=C)Cc2ccc(Br)cc2C1=O. The molecule has 2 rings (SSSR count). The van der Waals surface area contributed by atoms with Gasteiger partial charge in [0.1, 0.15) is 0 Å². The molecule has 0 saturated carbocycles. The zero-order valence-corrected chi connectivity index (χ0v) is 11.3. The molecule has 2 heteroatoms. The quantitative estimate of drug-likeness (QED) is 0.755. The zero-order chi connectivity index (χ0) is 12.5. The minimum atomic E-state index is -0.341. The van der Waals surface area contributed by atoms with Crippen molar-refractivity contribution < 1.29 is 4.79 Å². The average molecular weight is 291 g/mol. The number of halogens is 1. The smallest absolute Gasteiger partial charge is 0.170 e. The minimum absolute atomic E-state index is 0.230. The van der Waals surface area contributed by atoms with Crippen LogP contribution in [0.2, 0.25) is 0 Å². The Labute approximate surface area is 110 Å². The van der Waals surface area contributed by atoms with Crippen molar-refractivity contribution in [3.8, 4) is 0 Å². The van der Waals surface area contributed by atoms with E-state index in [1.54, 1.807) is 0 Å². The summed E-state index contributed by atoms with van der Waals surface area (Å²) in [5, 5.41) is 0.